The van der Waals surface area contributed by atoms with E-state index in [1.54, 1.807) is 34.8 Å². The van der Waals surface area contributed by atoms with E-state index < -0.39 is 0 Å². The first-order chi connectivity index (χ1) is 31.2. The molecule has 7 heteroatoms. The molecule has 0 radical (unpaired) electrons. The molecule has 2 N–H and O–H groups in total. The molecule has 4 saturated carbocycles. The zero-order valence-corrected chi connectivity index (χ0v) is 41.4. The van der Waals surface area contributed by atoms with Gasteiger partial charge in [-0.05, 0) is 146 Å². The standard InChI is InChI=1S/C59H63F2NO2S2/c1-34-24-56(7)28-54(3,4)30-58(26-34,32-56)42-22-36(60)20-40(50(42)63)52-48(38-14-9-11-18-46(38)65-52)44-16-13-17-45(62-44)49-39-15-10-12-19-47(39)66-53(49)41-21-37(61)23-43(51(41)64)59-27-35(2)25-57(8,33-59)29-55(5,6)31-59/h9-23,34-35,63-64H,24-33H2,1-8H3. The van der Waals surface area contributed by atoms with Crippen molar-refractivity contribution in [3.63, 3.8) is 0 Å². The molecule has 3 aromatic heterocycles. The minimum Gasteiger partial charge on any atom is -0.507 e. The number of thiophene rings is 2. The van der Waals surface area contributed by atoms with Gasteiger partial charge in [0.2, 0.25) is 0 Å². The minimum atomic E-state index is -0.343. The van der Waals surface area contributed by atoms with Crippen molar-refractivity contribution in [2.75, 3.05) is 0 Å². The highest BCUT2D eigenvalue weighted by Crippen LogP contribution is 2.67. The van der Waals surface area contributed by atoms with Crippen LogP contribution in [0.1, 0.15) is 131 Å². The second-order valence-electron chi connectivity index (χ2n) is 24.3. The predicted molar refractivity (Wildman–Crippen MR) is 272 cm³/mol. The zero-order valence-electron chi connectivity index (χ0n) is 39.8. The zero-order chi connectivity index (χ0) is 46.3. The molecule has 66 heavy (non-hydrogen) atoms. The quantitative estimate of drug-likeness (QED) is 0.175. The van der Waals surface area contributed by atoms with E-state index in [1.807, 2.05) is 42.5 Å². The van der Waals surface area contributed by atoms with E-state index in [4.69, 9.17) is 4.98 Å². The number of halogens is 2. The Labute approximate surface area is 397 Å². The number of hydrogen-bond acceptors (Lipinski definition) is 5. The van der Waals surface area contributed by atoms with Crippen LogP contribution < -0.4 is 0 Å². The molecule has 3 nitrogen and oxygen atoms in total. The first kappa shape index (κ1) is 43.9. The Balaban J connectivity index is 1.08. The lowest BCUT2D eigenvalue weighted by molar-refractivity contribution is -0.0317. The number of pyridine rings is 1. The van der Waals surface area contributed by atoms with E-state index in [2.05, 4.69) is 79.7 Å². The van der Waals surface area contributed by atoms with Crippen LogP contribution in [-0.2, 0) is 10.8 Å². The van der Waals surface area contributed by atoms with Crippen LogP contribution in [0.2, 0.25) is 0 Å². The molecular formula is C59H63F2NO2S2. The van der Waals surface area contributed by atoms with Crippen molar-refractivity contribution in [1.29, 1.82) is 0 Å². The number of fused-ring (bicyclic) bond motifs is 6. The lowest BCUT2D eigenvalue weighted by Gasteiger charge is -2.59. The van der Waals surface area contributed by atoms with Gasteiger partial charge in [0.25, 0.3) is 0 Å². The van der Waals surface area contributed by atoms with Crippen molar-refractivity contribution >= 4 is 42.8 Å². The molecule has 0 spiro atoms. The molecule has 4 bridgehead atoms. The first-order valence-corrected chi connectivity index (χ1v) is 25.9. The molecule has 6 atom stereocenters. The number of benzene rings is 4. The lowest BCUT2D eigenvalue weighted by Crippen LogP contribution is -2.50. The van der Waals surface area contributed by atoms with Crippen LogP contribution in [0.4, 0.5) is 8.78 Å². The van der Waals surface area contributed by atoms with E-state index in [9.17, 15) is 10.2 Å². The molecule has 0 aliphatic heterocycles. The minimum absolute atomic E-state index is 0.0517. The molecule has 0 saturated heterocycles. The monoisotopic (exact) mass is 919 g/mol. The molecule has 7 aromatic rings. The Morgan fingerprint density at radius 3 is 1.35 bits per heavy atom. The van der Waals surface area contributed by atoms with Crippen molar-refractivity contribution in [3.05, 3.63) is 114 Å². The van der Waals surface area contributed by atoms with Gasteiger partial charge in [0.1, 0.15) is 23.1 Å². The summed E-state index contributed by atoms with van der Waals surface area (Å²) < 4.78 is 34.9. The number of rotatable bonds is 6. The van der Waals surface area contributed by atoms with E-state index in [1.165, 1.54) is 12.1 Å². The molecule has 342 valence electrons. The number of aromatic hydroxyl groups is 2. The first-order valence-electron chi connectivity index (χ1n) is 24.2. The largest absolute Gasteiger partial charge is 0.507 e. The summed E-state index contributed by atoms with van der Waals surface area (Å²) in [6.45, 7) is 18.8. The summed E-state index contributed by atoms with van der Waals surface area (Å²) in [4.78, 5) is 7.06. The SMILES string of the molecule is CC1CC2(C)CC(C)(C)CC(c3cc(F)cc(-c4sc5ccccc5c4-c4cccc(-c5c(-c6cc(F)cc(C78CC(C)CC(C)(CC(C)(C)C7)C8)c6O)sc6ccccc56)n4)c3O)(C1)C2. The maximum Gasteiger partial charge on any atom is 0.128 e. The van der Waals surface area contributed by atoms with Crippen molar-refractivity contribution in [2.24, 2.45) is 33.5 Å². The second-order valence-corrected chi connectivity index (χ2v) is 26.4. The van der Waals surface area contributed by atoms with Crippen LogP contribution in [-0.4, -0.2) is 15.2 Å². The van der Waals surface area contributed by atoms with Crippen LogP contribution in [0.5, 0.6) is 11.5 Å². The highest BCUT2D eigenvalue weighted by Gasteiger charge is 2.56. The van der Waals surface area contributed by atoms with E-state index in [-0.39, 0.29) is 55.6 Å². The van der Waals surface area contributed by atoms with Gasteiger partial charge < -0.3 is 10.2 Å². The number of hydrogen-bond donors (Lipinski definition) is 2. The fourth-order valence-electron chi connectivity index (χ4n) is 16.5. The molecule has 4 fully saturated rings. The Hall–Kier alpha value is -4.59. The van der Waals surface area contributed by atoms with Crippen LogP contribution in [0.15, 0.2) is 91.0 Å². The summed E-state index contributed by atoms with van der Waals surface area (Å²) in [7, 11) is 0. The molecular weight excluding hydrogens is 857 g/mol. The number of phenolic OH excluding ortho intramolecular Hbond substituents is 2. The van der Waals surface area contributed by atoms with Crippen molar-refractivity contribution in [1.82, 2.24) is 4.98 Å². The van der Waals surface area contributed by atoms with Crippen LogP contribution in [0.25, 0.3) is 63.6 Å². The second kappa shape index (κ2) is 15.0. The number of phenols is 2. The average Bonchev–Trinajstić information content (AvgIpc) is 3.79. The van der Waals surface area contributed by atoms with Gasteiger partial charge in [0.05, 0.1) is 11.4 Å². The highest BCUT2D eigenvalue weighted by molar-refractivity contribution is 7.23. The van der Waals surface area contributed by atoms with Gasteiger partial charge in [-0.2, -0.15) is 0 Å². The van der Waals surface area contributed by atoms with Crippen molar-refractivity contribution in [3.8, 4) is 54.9 Å². The molecule has 4 aliphatic carbocycles. The Morgan fingerprint density at radius 1 is 0.515 bits per heavy atom. The number of aromatic nitrogens is 1. The fourth-order valence-corrected chi connectivity index (χ4v) is 19.0. The van der Waals surface area contributed by atoms with Gasteiger partial charge >= 0.3 is 0 Å². The van der Waals surface area contributed by atoms with Crippen LogP contribution >= 0.6 is 22.7 Å². The summed E-state index contributed by atoms with van der Waals surface area (Å²) in [6, 6.07) is 28.8. The number of nitrogens with zero attached hydrogens (tertiary/aromatic N) is 1. The smallest absolute Gasteiger partial charge is 0.128 e. The normalized spacial score (nSPS) is 29.1. The fraction of sp³-hybridized carbons (Fsp3) is 0.441. The van der Waals surface area contributed by atoms with Crippen molar-refractivity contribution in [2.45, 2.75) is 130 Å². The lowest BCUT2D eigenvalue weighted by atomic mass is 9.46. The summed E-state index contributed by atoms with van der Waals surface area (Å²) in [5, 5.41) is 27.3. The maximum absolute atomic E-state index is 16.4. The van der Waals surface area contributed by atoms with Gasteiger partial charge in [-0.25, -0.2) is 13.8 Å². The van der Waals surface area contributed by atoms with Crippen LogP contribution in [0.3, 0.4) is 0 Å². The van der Waals surface area contributed by atoms with E-state index in [0.29, 0.717) is 34.4 Å². The third kappa shape index (κ3) is 7.23. The van der Waals surface area contributed by atoms with Gasteiger partial charge in [0.15, 0.2) is 0 Å². The predicted octanol–water partition coefficient (Wildman–Crippen LogP) is 17.6. The van der Waals surface area contributed by atoms with E-state index in [0.717, 1.165) is 116 Å². The topological polar surface area (TPSA) is 53.4 Å². The molecule has 4 aromatic carbocycles. The van der Waals surface area contributed by atoms with Gasteiger partial charge in [-0.1, -0.05) is 97.9 Å². The molecule has 11 rings (SSSR count). The van der Waals surface area contributed by atoms with Gasteiger partial charge in [0, 0.05) is 74.1 Å². The molecule has 0 amide bonds. The van der Waals surface area contributed by atoms with E-state index >= 15 is 8.78 Å². The van der Waals surface area contributed by atoms with Crippen molar-refractivity contribution < 1.29 is 19.0 Å². The third-order valence-corrected chi connectivity index (χ3v) is 18.8. The van der Waals surface area contributed by atoms with Gasteiger partial charge in [-0.15, -0.1) is 22.7 Å². The molecule has 3 heterocycles. The maximum atomic E-state index is 16.4. The third-order valence-electron chi connectivity index (χ3n) is 16.4. The Bertz CT molecular complexity index is 2900. The summed E-state index contributed by atoms with van der Waals surface area (Å²) in [5.41, 5.74) is 5.21. The summed E-state index contributed by atoms with van der Waals surface area (Å²) in [6.07, 6.45) is 10.0. The average molecular weight is 920 g/mol. The Morgan fingerprint density at radius 2 is 0.924 bits per heavy atom. The molecule has 6 unspecified atom stereocenters. The van der Waals surface area contributed by atoms with Crippen LogP contribution in [0, 0.1) is 45.1 Å². The Kier molecular flexibility index (Phi) is 9.96. The summed E-state index contributed by atoms with van der Waals surface area (Å²) >= 11 is 3.12. The summed E-state index contributed by atoms with van der Waals surface area (Å²) in [5.74, 6) is 0.587. The molecule has 4 aliphatic rings. The highest BCUT2D eigenvalue weighted by atomic mass is 32.1. The van der Waals surface area contributed by atoms with Gasteiger partial charge in [-0.3, -0.25) is 0 Å².